The van der Waals surface area contributed by atoms with Crippen LogP contribution in [0.4, 0.5) is 4.39 Å². The molecule has 0 radical (unpaired) electrons. The van der Waals surface area contributed by atoms with Gasteiger partial charge in [-0.15, -0.1) is 0 Å². The Kier molecular flexibility index (Phi) is 3.49. The highest BCUT2D eigenvalue weighted by Gasteiger charge is 2.25. The zero-order valence-corrected chi connectivity index (χ0v) is 7.94. The summed E-state index contributed by atoms with van der Waals surface area (Å²) in [5.74, 6) is -0.275. The summed E-state index contributed by atoms with van der Waals surface area (Å²) in [4.78, 5) is 11.1. The van der Waals surface area contributed by atoms with Gasteiger partial charge in [-0.2, -0.15) is 0 Å². The molecular weight excluding hydrogens is 211 g/mol. The van der Waals surface area contributed by atoms with Crippen molar-refractivity contribution in [2.75, 3.05) is 0 Å². The van der Waals surface area contributed by atoms with Crippen molar-refractivity contribution >= 4 is 21.7 Å². The smallest absolute Gasteiger partial charge is 0.212 e. The van der Waals surface area contributed by atoms with E-state index in [9.17, 15) is 9.18 Å². The van der Waals surface area contributed by atoms with Gasteiger partial charge in [-0.25, -0.2) is 4.39 Å². The summed E-state index contributed by atoms with van der Waals surface area (Å²) < 4.78 is 12.4. The first-order valence-corrected chi connectivity index (χ1v) is 4.95. The van der Waals surface area contributed by atoms with E-state index in [4.69, 9.17) is 0 Å². The molecule has 1 unspecified atom stereocenters. The maximum absolute atomic E-state index is 12.4. The van der Waals surface area contributed by atoms with Crippen LogP contribution in [-0.2, 0) is 4.79 Å². The summed E-state index contributed by atoms with van der Waals surface area (Å²) in [6.45, 7) is 0. The highest BCUT2D eigenvalue weighted by atomic mass is 79.9. The molecule has 0 saturated heterocycles. The first-order chi connectivity index (χ1) is 5.22. The molecule has 1 aliphatic rings. The summed E-state index contributed by atoms with van der Waals surface area (Å²) >= 11 is 2.66. The van der Waals surface area contributed by atoms with Crippen LogP contribution in [0.1, 0.15) is 32.1 Å². The standard InChI is InChI=1S/C8H12BrFO/c9-8(10)7(11)6-4-2-1-3-5-6/h6,8H,1-5H2. The van der Waals surface area contributed by atoms with Gasteiger partial charge in [0.25, 0.3) is 0 Å². The average molecular weight is 223 g/mol. The summed E-state index contributed by atoms with van der Waals surface area (Å²) in [6, 6.07) is 0. The number of carbonyl (C=O) groups excluding carboxylic acids is 1. The highest BCUT2D eigenvalue weighted by molar-refractivity contribution is 9.09. The van der Waals surface area contributed by atoms with Gasteiger partial charge in [-0.3, -0.25) is 4.79 Å². The molecular formula is C8H12BrFO. The van der Waals surface area contributed by atoms with Gasteiger partial charge < -0.3 is 0 Å². The van der Waals surface area contributed by atoms with Gasteiger partial charge in [-0.05, 0) is 28.8 Å². The van der Waals surface area contributed by atoms with E-state index in [-0.39, 0.29) is 11.7 Å². The lowest BCUT2D eigenvalue weighted by atomic mass is 9.87. The Balaban J connectivity index is 2.39. The monoisotopic (exact) mass is 222 g/mol. The summed E-state index contributed by atoms with van der Waals surface area (Å²) in [5, 5.41) is -1.44. The predicted molar refractivity (Wildman–Crippen MR) is 45.4 cm³/mol. The molecule has 0 heterocycles. The molecule has 0 aliphatic heterocycles. The Bertz CT molecular complexity index is 141. The fraction of sp³-hybridized carbons (Fsp3) is 0.875. The van der Waals surface area contributed by atoms with Gasteiger partial charge in [0.15, 0.2) is 5.78 Å². The van der Waals surface area contributed by atoms with Crippen LogP contribution in [0.25, 0.3) is 0 Å². The molecule has 1 fully saturated rings. The molecule has 3 heteroatoms. The van der Waals surface area contributed by atoms with Gasteiger partial charge in [0.1, 0.15) is 0 Å². The minimum atomic E-state index is -1.44. The van der Waals surface area contributed by atoms with Crippen LogP contribution < -0.4 is 0 Å². The molecule has 0 amide bonds. The zero-order chi connectivity index (χ0) is 8.27. The first kappa shape index (κ1) is 9.17. The highest BCUT2D eigenvalue weighted by Crippen LogP contribution is 2.26. The van der Waals surface area contributed by atoms with Crippen LogP contribution >= 0.6 is 15.9 Å². The average Bonchev–Trinajstić information content (AvgIpc) is 2.05. The Morgan fingerprint density at radius 3 is 2.36 bits per heavy atom. The van der Waals surface area contributed by atoms with Crippen molar-refractivity contribution in [1.82, 2.24) is 0 Å². The lowest BCUT2D eigenvalue weighted by Crippen LogP contribution is -2.22. The third-order valence-corrected chi connectivity index (χ3v) is 2.67. The number of hydrogen-bond acceptors (Lipinski definition) is 1. The zero-order valence-electron chi connectivity index (χ0n) is 6.35. The van der Waals surface area contributed by atoms with Gasteiger partial charge in [-0.1, -0.05) is 19.3 Å². The Morgan fingerprint density at radius 2 is 1.91 bits per heavy atom. The number of rotatable bonds is 2. The maximum atomic E-state index is 12.4. The Morgan fingerprint density at radius 1 is 1.36 bits per heavy atom. The molecule has 0 aromatic heterocycles. The molecule has 1 atom stereocenters. The van der Waals surface area contributed by atoms with Crippen LogP contribution in [0, 0.1) is 5.92 Å². The molecule has 1 saturated carbocycles. The lowest BCUT2D eigenvalue weighted by molar-refractivity contribution is -0.125. The van der Waals surface area contributed by atoms with E-state index in [0.717, 1.165) is 25.7 Å². The van der Waals surface area contributed by atoms with E-state index < -0.39 is 5.08 Å². The molecule has 0 aromatic rings. The number of Topliss-reactive ketones (excluding diaryl/α,β-unsaturated/α-hetero) is 1. The summed E-state index contributed by atoms with van der Waals surface area (Å²) in [7, 11) is 0. The van der Waals surface area contributed by atoms with E-state index in [0.29, 0.717) is 0 Å². The largest absolute Gasteiger partial charge is 0.295 e. The van der Waals surface area contributed by atoms with Crippen molar-refractivity contribution in [2.24, 2.45) is 5.92 Å². The third-order valence-electron chi connectivity index (χ3n) is 2.22. The second kappa shape index (κ2) is 4.19. The predicted octanol–water partition coefficient (Wildman–Crippen LogP) is 2.83. The van der Waals surface area contributed by atoms with Crippen molar-refractivity contribution in [1.29, 1.82) is 0 Å². The van der Waals surface area contributed by atoms with E-state index in [2.05, 4.69) is 15.9 Å². The van der Waals surface area contributed by atoms with Crippen LogP contribution in [0.2, 0.25) is 0 Å². The summed E-state index contributed by atoms with van der Waals surface area (Å²) in [6.07, 6.45) is 5.12. The second-order valence-electron chi connectivity index (χ2n) is 3.04. The van der Waals surface area contributed by atoms with E-state index >= 15 is 0 Å². The number of carbonyl (C=O) groups is 1. The Hall–Kier alpha value is 0.0800. The Labute approximate surface area is 74.5 Å². The SMILES string of the molecule is O=C(C(F)Br)C1CCCCC1. The molecule has 1 nitrogen and oxygen atoms in total. The lowest BCUT2D eigenvalue weighted by Gasteiger charge is -2.19. The molecule has 0 bridgehead atoms. The number of alkyl halides is 2. The molecule has 1 rings (SSSR count). The van der Waals surface area contributed by atoms with Crippen LogP contribution in [0.15, 0.2) is 0 Å². The number of hydrogen-bond donors (Lipinski definition) is 0. The van der Waals surface area contributed by atoms with Gasteiger partial charge in [0.2, 0.25) is 5.08 Å². The molecule has 64 valence electrons. The normalized spacial score (nSPS) is 23.1. The van der Waals surface area contributed by atoms with Crippen molar-refractivity contribution in [2.45, 2.75) is 37.2 Å². The molecule has 0 N–H and O–H groups in total. The van der Waals surface area contributed by atoms with Crippen LogP contribution in [0.3, 0.4) is 0 Å². The number of halogens is 2. The molecule has 1 aliphatic carbocycles. The molecule has 11 heavy (non-hydrogen) atoms. The van der Waals surface area contributed by atoms with Crippen LogP contribution in [0.5, 0.6) is 0 Å². The van der Waals surface area contributed by atoms with E-state index in [1.165, 1.54) is 6.42 Å². The third kappa shape index (κ3) is 2.55. The first-order valence-electron chi connectivity index (χ1n) is 4.03. The number of ketones is 1. The molecule has 0 spiro atoms. The topological polar surface area (TPSA) is 17.1 Å². The van der Waals surface area contributed by atoms with Crippen molar-refractivity contribution in [3.63, 3.8) is 0 Å². The molecule has 0 aromatic carbocycles. The van der Waals surface area contributed by atoms with Gasteiger partial charge in [0, 0.05) is 5.92 Å². The van der Waals surface area contributed by atoms with Crippen LogP contribution in [-0.4, -0.2) is 10.9 Å². The van der Waals surface area contributed by atoms with Crippen molar-refractivity contribution in [3.05, 3.63) is 0 Å². The minimum absolute atomic E-state index is 0.0156. The van der Waals surface area contributed by atoms with Gasteiger partial charge in [0.05, 0.1) is 0 Å². The fourth-order valence-electron chi connectivity index (χ4n) is 1.57. The summed E-state index contributed by atoms with van der Waals surface area (Å²) in [5.41, 5.74) is 0. The van der Waals surface area contributed by atoms with E-state index in [1.54, 1.807) is 0 Å². The maximum Gasteiger partial charge on any atom is 0.212 e. The minimum Gasteiger partial charge on any atom is -0.295 e. The second-order valence-corrected chi connectivity index (χ2v) is 3.84. The fourth-order valence-corrected chi connectivity index (χ4v) is 1.94. The van der Waals surface area contributed by atoms with E-state index in [1.807, 2.05) is 0 Å². The van der Waals surface area contributed by atoms with Crippen molar-refractivity contribution in [3.8, 4) is 0 Å². The van der Waals surface area contributed by atoms with Gasteiger partial charge >= 0.3 is 0 Å². The van der Waals surface area contributed by atoms with Crippen molar-refractivity contribution < 1.29 is 9.18 Å². The quantitative estimate of drug-likeness (QED) is 0.658.